The molecule has 2 fully saturated rings. The van der Waals surface area contributed by atoms with Crippen LogP contribution in [0.5, 0.6) is 0 Å². The zero-order chi connectivity index (χ0) is 15.5. The second-order valence-corrected chi connectivity index (χ2v) is 8.03. The first-order valence-electron chi connectivity index (χ1n) is 7.36. The normalized spacial score (nSPS) is 25.5. The standard InChI is InChI=1S/C13H23N3O4S/c1-11(17)15-4-2-5-16(7-6-15)13(18)14-9-12-3-8-21(19,20)10-12/h12H,2-10H2,1H3,(H,14,18). The fourth-order valence-electron chi connectivity index (χ4n) is 2.81. The fourth-order valence-corrected chi connectivity index (χ4v) is 4.67. The van der Waals surface area contributed by atoms with Crippen LogP contribution in [0.25, 0.3) is 0 Å². The Balaban J connectivity index is 1.77. The summed E-state index contributed by atoms with van der Waals surface area (Å²) in [6.07, 6.45) is 1.39. The lowest BCUT2D eigenvalue weighted by Crippen LogP contribution is -2.44. The van der Waals surface area contributed by atoms with E-state index in [1.54, 1.807) is 9.80 Å². The fraction of sp³-hybridized carbons (Fsp3) is 0.846. The van der Waals surface area contributed by atoms with Gasteiger partial charge in [0.1, 0.15) is 0 Å². The SMILES string of the molecule is CC(=O)N1CCCN(C(=O)NCC2CCS(=O)(=O)C2)CC1. The van der Waals surface area contributed by atoms with E-state index in [2.05, 4.69) is 5.32 Å². The number of carbonyl (C=O) groups is 2. The van der Waals surface area contributed by atoms with Crippen molar-refractivity contribution < 1.29 is 18.0 Å². The molecule has 0 spiro atoms. The molecule has 1 atom stereocenters. The predicted molar refractivity (Wildman–Crippen MR) is 78.6 cm³/mol. The summed E-state index contributed by atoms with van der Waals surface area (Å²) in [5.41, 5.74) is 0. The molecule has 8 heteroatoms. The Morgan fingerprint density at radius 2 is 1.81 bits per heavy atom. The van der Waals surface area contributed by atoms with E-state index in [1.165, 1.54) is 6.92 Å². The van der Waals surface area contributed by atoms with Gasteiger partial charge in [-0.05, 0) is 18.8 Å². The number of nitrogens with one attached hydrogen (secondary N) is 1. The van der Waals surface area contributed by atoms with Gasteiger partial charge in [0.25, 0.3) is 0 Å². The van der Waals surface area contributed by atoms with E-state index in [0.29, 0.717) is 39.1 Å². The molecule has 2 aliphatic rings. The van der Waals surface area contributed by atoms with E-state index in [1.807, 2.05) is 0 Å². The first-order chi connectivity index (χ1) is 9.87. The van der Waals surface area contributed by atoms with Gasteiger partial charge in [0.15, 0.2) is 9.84 Å². The summed E-state index contributed by atoms with van der Waals surface area (Å²) in [4.78, 5) is 26.9. The highest BCUT2D eigenvalue weighted by atomic mass is 32.2. The van der Waals surface area contributed by atoms with Gasteiger partial charge in [-0.25, -0.2) is 13.2 Å². The summed E-state index contributed by atoms with van der Waals surface area (Å²) in [6.45, 7) is 4.33. The lowest BCUT2D eigenvalue weighted by Gasteiger charge is -2.22. The third-order valence-corrected chi connectivity index (χ3v) is 5.93. The second kappa shape index (κ2) is 6.64. The number of hydrogen-bond donors (Lipinski definition) is 1. The molecule has 21 heavy (non-hydrogen) atoms. The van der Waals surface area contributed by atoms with Crippen molar-refractivity contribution in [2.45, 2.75) is 19.8 Å². The molecule has 0 aromatic carbocycles. The van der Waals surface area contributed by atoms with E-state index in [-0.39, 0.29) is 29.4 Å². The van der Waals surface area contributed by atoms with Crippen molar-refractivity contribution in [1.29, 1.82) is 0 Å². The number of carbonyl (C=O) groups excluding carboxylic acids is 2. The molecule has 0 aromatic rings. The Hall–Kier alpha value is -1.31. The van der Waals surface area contributed by atoms with Crippen LogP contribution in [0.4, 0.5) is 4.79 Å². The summed E-state index contributed by atoms with van der Waals surface area (Å²) in [5.74, 6) is 0.462. The number of sulfone groups is 1. The van der Waals surface area contributed by atoms with Crippen LogP contribution in [0.2, 0.25) is 0 Å². The number of urea groups is 1. The van der Waals surface area contributed by atoms with Crippen molar-refractivity contribution in [2.75, 3.05) is 44.2 Å². The summed E-state index contributed by atoms with van der Waals surface area (Å²) >= 11 is 0. The molecule has 0 bridgehead atoms. The van der Waals surface area contributed by atoms with Gasteiger partial charge in [-0.2, -0.15) is 0 Å². The Kier molecular flexibility index (Phi) is 5.08. The van der Waals surface area contributed by atoms with Gasteiger partial charge in [0.2, 0.25) is 5.91 Å². The molecule has 2 aliphatic heterocycles. The zero-order valence-corrected chi connectivity index (χ0v) is 13.2. The third-order valence-electron chi connectivity index (χ3n) is 4.10. The van der Waals surface area contributed by atoms with Crippen LogP contribution in [0.15, 0.2) is 0 Å². The number of rotatable bonds is 2. The molecule has 0 radical (unpaired) electrons. The van der Waals surface area contributed by atoms with Gasteiger partial charge in [-0.3, -0.25) is 4.79 Å². The zero-order valence-electron chi connectivity index (χ0n) is 12.4. The molecule has 2 heterocycles. The van der Waals surface area contributed by atoms with Crippen molar-refractivity contribution in [3.8, 4) is 0 Å². The number of hydrogen-bond acceptors (Lipinski definition) is 4. The minimum atomic E-state index is -2.90. The average molecular weight is 317 g/mol. The number of nitrogens with zero attached hydrogens (tertiary/aromatic N) is 2. The smallest absolute Gasteiger partial charge is 0.317 e. The molecule has 2 rings (SSSR count). The molecule has 1 N–H and O–H groups in total. The van der Waals surface area contributed by atoms with Gasteiger partial charge in [-0.1, -0.05) is 0 Å². The van der Waals surface area contributed by atoms with Gasteiger partial charge >= 0.3 is 6.03 Å². The summed E-state index contributed by atoms with van der Waals surface area (Å²) in [6, 6.07) is -0.162. The van der Waals surface area contributed by atoms with Crippen LogP contribution >= 0.6 is 0 Å². The molecule has 120 valence electrons. The van der Waals surface area contributed by atoms with Gasteiger partial charge in [-0.15, -0.1) is 0 Å². The second-order valence-electron chi connectivity index (χ2n) is 5.80. The lowest BCUT2D eigenvalue weighted by atomic mass is 10.1. The molecular weight excluding hydrogens is 294 g/mol. The van der Waals surface area contributed by atoms with Gasteiger partial charge in [0, 0.05) is 39.6 Å². The molecule has 1 unspecified atom stereocenters. The average Bonchev–Trinajstić information content (AvgIpc) is 2.64. The van der Waals surface area contributed by atoms with Crippen LogP contribution in [0.3, 0.4) is 0 Å². The minimum Gasteiger partial charge on any atom is -0.341 e. The highest BCUT2D eigenvalue weighted by Crippen LogP contribution is 2.17. The molecule has 2 saturated heterocycles. The van der Waals surface area contributed by atoms with E-state index in [4.69, 9.17) is 0 Å². The highest BCUT2D eigenvalue weighted by molar-refractivity contribution is 7.91. The monoisotopic (exact) mass is 317 g/mol. The van der Waals surface area contributed by atoms with Gasteiger partial charge < -0.3 is 15.1 Å². The van der Waals surface area contributed by atoms with Crippen molar-refractivity contribution in [3.63, 3.8) is 0 Å². The van der Waals surface area contributed by atoms with Crippen LogP contribution < -0.4 is 5.32 Å². The predicted octanol–water partition coefficient (Wildman–Crippen LogP) is -0.315. The quantitative estimate of drug-likeness (QED) is 0.756. The molecule has 0 aromatic heterocycles. The molecule has 0 saturated carbocycles. The van der Waals surface area contributed by atoms with E-state index in [0.717, 1.165) is 6.42 Å². The van der Waals surface area contributed by atoms with Crippen molar-refractivity contribution in [1.82, 2.24) is 15.1 Å². The minimum absolute atomic E-state index is 0.0275. The first kappa shape index (κ1) is 16.1. The lowest BCUT2D eigenvalue weighted by molar-refractivity contribution is -0.128. The molecule has 7 nitrogen and oxygen atoms in total. The highest BCUT2D eigenvalue weighted by Gasteiger charge is 2.28. The van der Waals surface area contributed by atoms with Crippen LogP contribution in [0.1, 0.15) is 19.8 Å². The van der Waals surface area contributed by atoms with E-state index < -0.39 is 9.84 Å². The summed E-state index contributed by atoms with van der Waals surface area (Å²) < 4.78 is 22.7. The molecular formula is C13H23N3O4S. The summed E-state index contributed by atoms with van der Waals surface area (Å²) in [5, 5.41) is 2.82. The Bertz CT molecular complexity index is 506. The molecule has 0 aliphatic carbocycles. The Labute approximate surface area is 125 Å². The van der Waals surface area contributed by atoms with E-state index >= 15 is 0 Å². The van der Waals surface area contributed by atoms with E-state index in [9.17, 15) is 18.0 Å². The third kappa shape index (κ3) is 4.59. The van der Waals surface area contributed by atoms with Crippen LogP contribution in [0, 0.1) is 5.92 Å². The maximum Gasteiger partial charge on any atom is 0.317 e. The van der Waals surface area contributed by atoms with Crippen LogP contribution in [-0.4, -0.2) is 74.4 Å². The largest absolute Gasteiger partial charge is 0.341 e. The van der Waals surface area contributed by atoms with Gasteiger partial charge in [0.05, 0.1) is 11.5 Å². The van der Waals surface area contributed by atoms with Crippen molar-refractivity contribution >= 4 is 21.8 Å². The van der Waals surface area contributed by atoms with Crippen molar-refractivity contribution in [2.24, 2.45) is 5.92 Å². The topological polar surface area (TPSA) is 86.8 Å². The maximum atomic E-state index is 12.1. The first-order valence-corrected chi connectivity index (χ1v) is 9.18. The van der Waals surface area contributed by atoms with Crippen molar-refractivity contribution in [3.05, 3.63) is 0 Å². The Morgan fingerprint density at radius 1 is 1.14 bits per heavy atom. The van der Waals surface area contributed by atoms with Crippen LogP contribution in [-0.2, 0) is 14.6 Å². The maximum absolute atomic E-state index is 12.1. The summed E-state index contributed by atoms with van der Waals surface area (Å²) in [7, 11) is -2.90. The molecule has 3 amide bonds. The number of amides is 3. The Morgan fingerprint density at radius 3 is 2.43 bits per heavy atom.